The Labute approximate surface area is 112 Å². The highest BCUT2D eigenvalue weighted by Crippen LogP contribution is 2.29. The SMILES string of the molecule is CCOc1cccc(NCc2nncn2CC)c1N. The van der Waals surface area contributed by atoms with E-state index in [1.54, 1.807) is 6.33 Å². The lowest BCUT2D eigenvalue weighted by atomic mass is 10.2. The molecule has 1 heterocycles. The molecule has 0 aliphatic carbocycles. The van der Waals surface area contributed by atoms with Gasteiger partial charge in [0.25, 0.3) is 0 Å². The second-order valence-electron chi connectivity index (χ2n) is 4.04. The average molecular weight is 261 g/mol. The first-order chi connectivity index (χ1) is 9.26. The maximum atomic E-state index is 6.05. The zero-order chi connectivity index (χ0) is 13.7. The van der Waals surface area contributed by atoms with Crippen LogP contribution in [-0.2, 0) is 13.1 Å². The Morgan fingerprint density at radius 2 is 2.21 bits per heavy atom. The molecule has 2 aromatic rings. The molecular formula is C13H19N5O. The Morgan fingerprint density at radius 3 is 2.95 bits per heavy atom. The molecule has 0 saturated carbocycles. The number of rotatable bonds is 6. The van der Waals surface area contributed by atoms with E-state index in [1.165, 1.54) is 0 Å². The van der Waals surface area contributed by atoms with Crippen LogP contribution in [0, 0.1) is 0 Å². The number of nitrogens with one attached hydrogen (secondary N) is 1. The Balaban J connectivity index is 2.09. The fourth-order valence-corrected chi connectivity index (χ4v) is 1.83. The van der Waals surface area contributed by atoms with Crippen molar-refractivity contribution in [2.24, 2.45) is 0 Å². The Hall–Kier alpha value is -2.24. The largest absolute Gasteiger partial charge is 0.492 e. The lowest BCUT2D eigenvalue weighted by Crippen LogP contribution is -2.09. The molecule has 0 radical (unpaired) electrons. The first-order valence-electron chi connectivity index (χ1n) is 6.38. The highest BCUT2D eigenvalue weighted by molar-refractivity contribution is 5.72. The molecule has 0 unspecified atom stereocenters. The summed E-state index contributed by atoms with van der Waals surface area (Å²) in [5.74, 6) is 1.58. The van der Waals surface area contributed by atoms with Gasteiger partial charge in [-0.15, -0.1) is 10.2 Å². The van der Waals surface area contributed by atoms with Crippen molar-refractivity contribution in [2.45, 2.75) is 26.9 Å². The number of aryl methyl sites for hydroxylation is 1. The summed E-state index contributed by atoms with van der Waals surface area (Å²) in [5.41, 5.74) is 7.51. The molecule has 0 aliphatic heterocycles. The summed E-state index contributed by atoms with van der Waals surface area (Å²) in [6.07, 6.45) is 1.72. The molecule has 0 bridgehead atoms. The third-order valence-electron chi connectivity index (χ3n) is 2.84. The van der Waals surface area contributed by atoms with E-state index >= 15 is 0 Å². The Morgan fingerprint density at radius 1 is 1.37 bits per heavy atom. The average Bonchev–Trinajstić information content (AvgIpc) is 2.87. The molecule has 3 N–H and O–H groups in total. The van der Waals surface area contributed by atoms with Crippen molar-refractivity contribution in [3.63, 3.8) is 0 Å². The molecule has 1 aromatic heterocycles. The zero-order valence-corrected chi connectivity index (χ0v) is 11.3. The van der Waals surface area contributed by atoms with E-state index in [-0.39, 0.29) is 0 Å². The summed E-state index contributed by atoms with van der Waals surface area (Å²) in [6.45, 7) is 6.00. The van der Waals surface area contributed by atoms with E-state index in [4.69, 9.17) is 10.5 Å². The minimum absolute atomic E-state index is 0.577. The second kappa shape index (κ2) is 6.08. The highest BCUT2D eigenvalue weighted by Gasteiger charge is 2.07. The monoisotopic (exact) mass is 261 g/mol. The predicted molar refractivity (Wildman–Crippen MR) is 75.0 cm³/mol. The van der Waals surface area contributed by atoms with Crippen LogP contribution in [0.3, 0.4) is 0 Å². The normalized spacial score (nSPS) is 10.4. The summed E-state index contributed by atoms with van der Waals surface area (Å²) in [6, 6.07) is 5.69. The minimum Gasteiger partial charge on any atom is -0.492 e. The number of nitrogens with two attached hydrogens (primary N) is 1. The molecule has 0 atom stereocenters. The van der Waals surface area contributed by atoms with Crippen molar-refractivity contribution in [3.05, 3.63) is 30.4 Å². The lowest BCUT2D eigenvalue weighted by molar-refractivity contribution is 0.342. The fourth-order valence-electron chi connectivity index (χ4n) is 1.83. The van der Waals surface area contributed by atoms with Gasteiger partial charge in [0.2, 0.25) is 0 Å². The number of anilines is 2. The molecule has 0 amide bonds. The topological polar surface area (TPSA) is 78.0 Å². The van der Waals surface area contributed by atoms with E-state index in [9.17, 15) is 0 Å². The van der Waals surface area contributed by atoms with Crippen LogP contribution >= 0.6 is 0 Å². The van der Waals surface area contributed by atoms with Crippen molar-refractivity contribution < 1.29 is 4.74 Å². The number of para-hydroxylation sites is 1. The van der Waals surface area contributed by atoms with Crippen LogP contribution in [0.5, 0.6) is 5.75 Å². The van der Waals surface area contributed by atoms with Crippen molar-refractivity contribution in [1.82, 2.24) is 14.8 Å². The third-order valence-corrected chi connectivity index (χ3v) is 2.84. The Kier molecular flexibility index (Phi) is 4.22. The number of benzene rings is 1. The van der Waals surface area contributed by atoms with Crippen LogP contribution in [0.1, 0.15) is 19.7 Å². The fraction of sp³-hybridized carbons (Fsp3) is 0.385. The van der Waals surface area contributed by atoms with Gasteiger partial charge in [-0.25, -0.2) is 0 Å². The first kappa shape index (κ1) is 13.2. The van der Waals surface area contributed by atoms with Crippen LogP contribution < -0.4 is 15.8 Å². The number of hydrogen-bond acceptors (Lipinski definition) is 5. The number of aromatic nitrogens is 3. The summed E-state index contributed by atoms with van der Waals surface area (Å²) in [5, 5.41) is 11.2. The molecule has 0 saturated heterocycles. The molecule has 1 aromatic carbocycles. The number of ether oxygens (including phenoxy) is 1. The van der Waals surface area contributed by atoms with Gasteiger partial charge in [0.05, 0.1) is 24.5 Å². The molecule has 2 rings (SSSR count). The van der Waals surface area contributed by atoms with Gasteiger partial charge in [-0.3, -0.25) is 0 Å². The smallest absolute Gasteiger partial charge is 0.152 e. The van der Waals surface area contributed by atoms with Crippen LogP contribution in [0.2, 0.25) is 0 Å². The standard InChI is InChI=1S/C13H19N5O/c1-3-18-9-16-17-12(18)8-15-10-6-5-7-11(13(10)14)19-4-2/h5-7,9,15H,3-4,8,14H2,1-2H3. The van der Waals surface area contributed by atoms with E-state index in [1.807, 2.05) is 29.7 Å². The summed E-state index contributed by atoms with van der Waals surface area (Å²) in [4.78, 5) is 0. The molecule has 19 heavy (non-hydrogen) atoms. The Bertz CT molecular complexity index is 538. The predicted octanol–water partition coefficient (Wildman–Crippen LogP) is 1.89. The van der Waals surface area contributed by atoms with E-state index in [2.05, 4.69) is 22.4 Å². The summed E-state index contributed by atoms with van der Waals surface area (Å²) in [7, 11) is 0. The molecule has 0 spiro atoms. The first-order valence-corrected chi connectivity index (χ1v) is 6.38. The van der Waals surface area contributed by atoms with E-state index in [0.717, 1.165) is 18.1 Å². The molecule has 0 aliphatic rings. The number of nitrogens with zero attached hydrogens (tertiary/aromatic N) is 3. The summed E-state index contributed by atoms with van der Waals surface area (Å²) >= 11 is 0. The maximum Gasteiger partial charge on any atom is 0.152 e. The van der Waals surface area contributed by atoms with Crippen molar-refractivity contribution in [3.8, 4) is 5.75 Å². The maximum absolute atomic E-state index is 6.05. The third kappa shape index (κ3) is 2.96. The molecule has 102 valence electrons. The minimum atomic E-state index is 0.577. The van der Waals surface area contributed by atoms with Gasteiger partial charge >= 0.3 is 0 Å². The van der Waals surface area contributed by atoms with Gasteiger partial charge < -0.3 is 20.4 Å². The number of hydrogen-bond donors (Lipinski definition) is 2. The lowest BCUT2D eigenvalue weighted by Gasteiger charge is -2.13. The molecule has 6 heteroatoms. The zero-order valence-electron chi connectivity index (χ0n) is 11.3. The molecular weight excluding hydrogens is 242 g/mol. The van der Waals surface area contributed by atoms with Crippen LogP contribution in [0.15, 0.2) is 24.5 Å². The van der Waals surface area contributed by atoms with Gasteiger partial charge in [0.15, 0.2) is 5.82 Å². The van der Waals surface area contributed by atoms with Crippen molar-refractivity contribution in [2.75, 3.05) is 17.7 Å². The highest BCUT2D eigenvalue weighted by atomic mass is 16.5. The van der Waals surface area contributed by atoms with Gasteiger partial charge in [0.1, 0.15) is 12.1 Å². The van der Waals surface area contributed by atoms with Crippen LogP contribution in [0.25, 0.3) is 0 Å². The van der Waals surface area contributed by atoms with Crippen molar-refractivity contribution >= 4 is 11.4 Å². The molecule has 0 fully saturated rings. The number of nitrogen functional groups attached to an aromatic ring is 1. The van der Waals surface area contributed by atoms with Gasteiger partial charge in [-0.1, -0.05) is 6.07 Å². The van der Waals surface area contributed by atoms with Gasteiger partial charge in [-0.2, -0.15) is 0 Å². The van der Waals surface area contributed by atoms with E-state index in [0.29, 0.717) is 24.6 Å². The summed E-state index contributed by atoms with van der Waals surface area (Å²) < 4.78 is 7.44. The molecule has 6 nitrogen and oxygen atoms in total. The quantitative estimate of drug-likeness (QED) is 0.776. The van der Waals surface area contributed by atoms with Gasteiger partial charge in [-0.05, 0) is 26.0 Å². The van der Waals surface area contributed by atoms with Crippen molar-refractivity contribution in [1.29, 1.82) is 0 Å². The van der Waals surface area contributed by atoms with E-state index < -0.39 is 0 Å². The van der Waals surface area contributed by atoms with Crippen LogP contribution in [-0.4, -0.2) is 21.4 Å². The van der Waals surface area contributed by atoms with Crippen LogP contribution in [0.4, 0.5) is 11.4 Å². The second-order valence-corrected chi connectivity index (χ2v) is 4.04. The van der Waals surface area contributed by atoms with Gasteiger partial charge in [0, 0.05) is 6.54 Å².